The van der Waals surface area contributed by atoms with E-state index in [4.69, 9.17) is 11.6 Å². The Balaban J connectivity index is 1.98. The third-order valence-corrected chi connectivity index (χ3v) is 4.14. The zero-order valence-electron chi connectivity index (χ0n) is 13.0. The van der Waals surface area contributed by atoms with Crippen LogP contribution in [0, 0.1) is 6.92 Å². The zero-order valence-corrected chi connectivity index (χ0v) is 13.7. The van der Waals surface area contributed by atoms with Crippen molar-refractivity contribution in [3.8, 4) is 0 Å². The quantitative estimate of drug-likeness (QED) is 0.798. The number of nitrogens with one attached hydrogen (secondary N) is 1. The third-order valence-electron chi connectivity index (χ3n) is 3.73. The Morgan fingerprint density at radius 3 is 2.24 bits per heavy atom. The normalized spacial score (nSPS) is 10.5. The van der Waals surface area contributed by atoms with Crippen molar-refractivity contribution in [3.05, 3.63) is 58.6 Å². The molecule has 0 saturated carbocycles. The van der Waals surface area contributed by atoms with Crippen LogP contribution in [0.3, 0.4) is 0 Å². The van der Waals surface area contributed by atoms with E-state index < -0.39 is 0 Å². The van der Waals surface area contributed by atoms with Crippen molar-refractivity contribution < 1.29 is 0 Å². The molecule has 21 heavy (non-hydrogen) atoms. The number of aryl methyl sites for hydroxylation is 1. The molecule has 0 aromatic heterocycles. The maximum Gasteiger partial charge on any atom is 0.0455 e. The van der Waals surface area contributed by atoms with E-state index in [2.05, 4.69) is 54.4 Å². The van der Waals surface area contributed by atoms with Crippen molar-refractivity contribution in [2.24, 2.45) is 0 Å². The fraction of sp³-hybridized carbons (Fsp3) is 0.333. The molecule has 1 N–H and O–H groups in total. The summed E-state index contributed by atoms with van der Waals surface area (Å²) in [6.07, 6.45) is 0. The largest absolute Gasteiger partial charge is 0.381 e. The molecular weight excluding hydrogens is 280 g/mol. The zero-order chi connectivity index (χ0) is 15.2. The second-order valence-corrected chi connectivity index (χ2v) is 5.56. The molecule has 2 aromatic carbocycles. The van der Waals surface area contributed by atoms with Crippen LogP contribution in [0.2, 0.25) is 5.02 Å². The minimum atomic E-state index is 0.803. The molecule has 0 saturated heterocycles. The van der Waals surface area contributed by atoms with Gasteiger partial charge in [-0.05, 0) is 56.2 Å². The Morgan fingerprint density at radius 2 is 1.67 bits per heavy atom. The van der Waals surface area contributed by atoms with Crippen LogP contribution in [0.1, 0.15) is 25.0 Å². The second-order valence-electron chi connectivity index (χ2n) is 5.16. The fourth-order valence-electron chi connectivity index (χ4n) is 2.32. The van der Waals surface area contributed by atoms with Gasteiger partial charge in [-0.25, -0.2) is 0 Å². The molecule has 0 atom stereocenters. The van der Waals surface area contributed by atoms with Crippen molar-refractivity contribution in [3.63, 3.8) is 0 Å². The van der Waals surface area contributed by atoms with E-state index in [9.17, 15) is 0 Å². The summed E-state index contributed by atoms with van der Waals surface area (Å²) in [5.41, 5.74) is 4.70. The molecule has 0 aliphatic heterocycles. The van der Waals surface area contributed by atoms with Crippen LogP contribution in [-0.2, 0) is 6.54 Å². The first-order valence-corrected chi connectivity index (χ1v) is 7.85. The van der Waals surface area contributed by atoms with Crippen molar-refractivity contribution >= 4 is 23.0 Å². The molecule has 0 bridgehead atoms. The van der Waals surface area contributed by atoms with Crippen molar-refractivity contribution in [1.82, 2.24) is 0 Å². The van der Waals surface area contributed by atoms with Crippen molar-refractivity contribution in [1.29, 1.82) is 0 Å². The molecule has 0 heterocycles. The van der Waals surface area contributed by atoms with Crippen LogP contribution in [0.4, 0.5) is 11.4 Å². The molecule has 0 aliphatic carbocycles. The first kappa shape index (κ1) is 15.7. The fourth-order valence-corrected chi connectivity index (χ4v) is 2.50. The average molecular weight is 303 g/mol. The van der Waals surface area contributed by atoms with Crippen LogP contribution in [0.25, 0.3) is 0 Å². The summed E-state index contributed by atoms with van der Waals surface area (Å²) in [4.78, 5) is 2.34. The van der Waals surface area contributed by atoms with Gasteiger partial charge in [0.1, 0.15) is 0 Å². The number of benzene rings is 2. The summed E-state index contributed by atoms with van der Waals surface area (Å²) in [7, 11) is 0. The molecular formula is C18H23ClN2. The van der Waals surface area contributed by atoms with Gasteiger partial charge in [-0.15, -0.1) is 0 Å². The van der Waals surface area contributed by atoms with Crippen LogP contribution in [-0.4, -0.2) is 13.1 Å². The number of anilines is 2. The molecule has 2 aromatic rings. The Labute approximate surface area is 132 Å². The van der Waals surface area contributed by atoms with Gasteiger partial charge >= 0.3 is 0 Å². The molecule has 0 unspecified atom stereocenters. The summed E-state index contributed by atoms with van der Waals surface area (Å²) < 4.78 is 0. The summed E-state index contributed by atoms with van der Waals surface area (Å²) in [6, 6.07) is 14.8. The lowest BCUT2D eigenvalue weighted by molar-refractivity contribution is 0.865. The standard InChI is InChI=1S/C18H23ClN2/c1-4-21(5-2)17-10-7-15(8-11-17)13-20-16-9-6-14(3)18(19)12-16/h6-12,20H,4-5,13H2,1-3H3. The van der Waals surface area contributed by atoms with Gasteiger partial charge in [-0.1, -0.05) is 29.8 Å². The van der Waals surface area contributed by atoms with Gasteiger partial charge in [0.25, 0.3) is 0 Å². The average Bonchev–Trinajstić information content (AvgIpc) is 2.51. The molecule has 0 fully saturated rings. The number of rotatable bonds is 6. The molecule has 0 aliphatic rings. The highest BCUT2D eigenvalue weighted by atomic mass is 35.5. The highest BCUT2D eigenvalue weighted by molar-refractivity contribution is 6.31. The first-order chi connectivity index (χ1) is 10.1. The summed E-state index contributed by atoms with van der Waals surface area (Å²) in [5.74, 6) is 0. The Morgan fingerprint density at radius 1 is 1.00 bits per heavy atom. The molecule has 3 heteroatoms. The lowest BCUT2D eigenvalue weighted by Crippen LogP contribution is -2.21. The topological polar surface area (TPSA) is 15.3 Å². The van der Waals surface area contributed by atoms with E-state index in [1.807, 2.05) is 19.1 Å². The molecule has 0 spiro atoms. The minimum absolute atomic E-state index is 0.803. The van der Waals surface area contributed by atoms with Crippen LogP contribution < -0.4 is 10.2 Å². The molecule has 2 rings (SSSR count). The summed E-state index contributed by atoms with van der Waals surface area (Å²) in [6.45, 7) is 9.25. The Bertz CT molecular complexity index is 574. The van der Waals surface area contributed by atoms with Gasteiger partial charge in [-0.2, -0.15) is 0 Å². The number of nitrogens with zero attached hydrogens (tertiary/aromatic N) is 1. The van der Waals surface area contributed by atoms with E-state index >= 15 is 0 Å². The van der Waals surface area contributed by atoms with E-state index in [1.54, 1.807) is 0 Å². The van der Waals surface area contributed by atoms with Crippen molar-refractivity contribution in [2.75, 3.05) is 23.3 Å². The Kier molecular flexibility index (Phi) is 5.51. The maximum absolute atomic E-state index is 6.14. The molecule has 112 valence electrons. The van der Waals surface area contributed by atoms with Gasteiger partial charge in [0, 0.05) is 36.0 Å². The summed E-state index contributed by atoms with van der Waals surface area (Å²) in [5, 5.41) is 4.21. The van der Waals surface area contributed by atoms with Gasteiger partial charge in [0.15, 0.2) is 0 Å². The number of hydrogen-bond acceptors (Lipinski definition) is 2. The predicted molar refractivity (Wildman–Crippen MR) is 93.5 cm³/mol. The van der Waals surface area contributed by atoms with Gasteiger partial charge in [0.2, 0.25) is 0 Å². The molecule has 0 radical (unpaired) electrons. The van der Waals surface area contributed by atoms with Gasteiger partial charge in [0.05, 0.1) is 0 Å². The Hall–Kier alpha value is -1.67. The lowest BCUT2D eigenvalue weighted by atomic mass is 10.1. The third kappa shape index (κ3) is 4.15. The first-order valence-electron chi connectivity index (χ1n) is 7.48. The monoisotopic (exact) mass is 302 g/mol. The van der Waals surface area contributed by atoms with E-state index in [0.29, 0.717) is 0 Å². The lowest BCUT2D eigenvalue weighted by Gasteiger charge is -2.21. The van der Waals surface area contributed by atoms with Gasteiger partial charge in [-0.3, -0.25) is 0 Å². The van der Waals surface area contributed by atoms with E-state index in [1.165, 1.54) is 11.3 Å². The van der Waals surface area contributed by atoms with E-state index in [-0.39, 0.29) is 0 Å². The molecule has 2 nitrogen and oxygen atoms in total. The van der Waals surface area contributed by atoms with Gasteiger partial charge < -0.3 is 10.2 Å². The van der Waals surface area contributed by atoms with Crippen LogP contribution in [0.5, 0.6) is 0 Å². The second kappa shape index (κ2) is 7.37. The number of hydrogen-bond donors (Lipinski definition) is 1. The maximum atomic E-state index is 6.14. The minimum Gasteiger partial charge on any atom is -0.381 e. The van der Waals surface area contributed by atoms with Crippen LogP contribution >= 0.6 is 11.6 Å². The van der Waals surface area contributed by atoms with Crippen molar-refractivity contribution in [2.45, 2.75) is 27.3 Å². The van der Waals surface area contributed by atoms with Crippen LogP contribution in [0.15, 0.2) is 42.5 Å². The molecule has 0 amide bonds. The number of halogens is 1. The smallest absolute Gasteiger partial charge is 0.0455 e. The predicted octanol–water partition coefficient (Wildman–Crippen LogP) is 5.11. The highest BCUT2D eigenvalue weighted by Crippen LogP contribution is 2.21. The van der Waals surface area contributed by atoms with E-state index in [0.717, 1.165) is 35.9 Å². The SMILES string of the molecule is CCN(CC)c1ccc(CNc2ccc(C)c(Cl)c2)cc1. The summed E-state index contributed by atoms with van der Waals surface area (Å²) >= 11 is 6.14. The highest BCUT2D eigenvalue weighted by Gasteiger charge is 2.02.